The lowest BCUT2D eigenvalue weighted by Gasteiger charge is -2.32. The summed E-state index contributed by atoms with van der Waals surface area (Å²) < 4.78 is 0. The van der Waals surface area contributed by atoms with Gasteiger partial charge in [-0.25, -0.2) is 4.98 Å². The number of hydrogen-bond acceptors (Lipinski definition) is 3. The van der Waals surface area contributed by atoms with Crippen LogP contribution in [0, 0.1) is 5.41 Å². The van der Waals surface area contributed by atoms with Crippen molar-refractivity contribution < 1.29 is 0 Å². The maximum Gasteiger partial charge on any atom is 0.128 e. The van der Waals surface area contributed by atoms with Crippen molar-refractivity contribution in [2.45, 2.75) is 40.0 Å². The van der Waals surface area contributed by atoms with Gasteiger partial charge in [-0.05, 0) is 49.8 Å². The van der Waals surface area contributed by atoms with Crippen LogP contribution >= 0.6 is 0 Å². The minimum atomic E-state index is 0.136. The molecule has 1 aliphatic carbocycles. The predicted octanol–water partition coefficient (Wildman–Crippen LogP) is 2.38. The lowest BCUT2D eigenvalue weighted by molar-refractivity contribution is 0.378. The molecule has 1 aromatic rings. The highest BCUT2D eigenvalue weighted by atomic mass is 15.2. The Balaban J connectivity index is 2.17. The van der Waals surface area contributed by atoms with Crippen LogP contribution in [0.4, 0.5) is 5.82 Å². The summed E-state index contributed by atoms with van der Waals surface area (Å²) in [5, 5.41) is 0. The minimum absolute atomic E-state index is 0.136. The highest BCUT2D eigenvalue weighted by molar-refractivity contribution is 5.43. The van der Waals surface area contributed by atoms with Gasteiger partial charge in [-0.2, -0.15) is 0 Å². The van der Waals surface area contributed by atoms with Crippen molar-refractivity contribution >= 4 is 5.82 Å². The molecule has 1 heterocycles. The van der Waals surface area contributed by atoms with E-state index >= 15 is 0 Å². The van der Waals surface area contributed by atoms with Crippen LogP contribution in [0.25, 0.3) is 0 Å². The summed E-state index contributed by atoms with van der Waals surface area (Å²) in [6.45, 7) is 9.25. The summed E-state index contributed by atoms with van der Waals surface area (Å²) in [6, 6.07) is 4.42. The second-order valence-corrected chi connectivity index (χ2v) is 6.01. The van der Waals surface area contributed by atoms with E-state index in [1.54, 1.807) is 0 Å². The second kappa shape index (κ2) is 5.27. The zero-order valence-electron chi connectivity index (χ0n) is 11.9. The first-order chi connectivity index (χ1) is 8.55. The van der Waals surface area contributed by atoms with E-state index in [2.05, 4.69) is 37.8 Å². The molecule has 2 N–H and O–H groups in total. The highest BCUT2D eigenvalue weighted by Gasteiger charge is 2.21. The zero-order valence-corrected chi connectivity index (χ0v) is 11.9. The first-order valence-electron chi connectivity index (χ1n) is 6.99. The van der Waals surface area contributed by atoms with Gasteiger partial charge in [-0.15, -0.1) is 0 Å². The molecule has 0 unspecified atom stereocenters. The third-order valence-electron chi connectivity index (χ3n) is 3.79. The van der Waals surface area contributed by atoms with E-state index in [0.717, 1.165) is 25.3 Å². The topological polar surface area (TPSA) is 42.1 Å². The van der Waals surface area contributed by atoms with Crippen LogP contribution < -0.4 is 10.6 Å². The molecule has 3 heteroatoms. The van der Waals surface area contributed by atoms with E-state index in [9.17, 15) is 0 Å². The lowest BCUT2D eigenvalue weighted by atomic mass is 9.93. The first kappa shape index (κ1) is 13.3. The first-order valence-corrected chi connectivity index (χ1v) is 6.99. The number of nitrogens with two attached hydrogens (primary N) is 1. The fourth-order valence-corrected chi connectivity index (χ4v) is 2.52. The summed E-state index contributed by atoms with van der Waals surface area (Å²) >= 11 is 0. The van der Waals surface area contributed by atoms with Crippen molar-refractivity contribution in [1.29, 1.82) is 0 Å². The third-order valence-corrected chi connectivity index (χ3v) is 3.79. The van der Waals surface area contributed by atoms with E-state index in [-0.39, 0.29) is 5.41 Å². The summed E-state index contributed by atoms with van der Waals surface area (Å²) in [7, 11) is 0. The van der Waals surface area contributed by atoms with Gasteiger partial charge < -0.3 is 10.6 Å². The fraction of sp³-hybridized carbons (Fsp3) is 0.667. The maximum absolute atomic E-state index is 5.83. The average molecular weight is 247 g/mol. The van der Waals surface area contributed by atoms with Gasteiger partial charge in [0.15, 0.2) is 0 Å². The average Bonchev–Trinajstić information content (AvgIpc) is 2.83. The fourth-order valence-electron chi connectivity index (χ4n) is 2.52. The molecule has 0 saturated carbocycles. The smallest absolute Gasteiger partial charge is 0.128 e. The molecule has 0 amide bonds. The standard InChI is InChI=1S/C15H25N3/c1-4-18(11-15(2,3)10-16)14-9-8-12-6-5-7-13(12)17-14/h8-9H,4-7,10-11,16H2,1-3H3. The van der Waals surface area contributed by atoms with Crippen LogP contribution in [0.15, 0.2) is 12.1 Å². The van der Waals surface area contributed by atoms with Gasteiger partial charge in [0.05, 0.1) is 0 Å². The van der Waals surface area contributed by atoms with E-state index in [0.29, 0.717) is 6.54 Å². The van der Waals surface area contributed by atoms with Gasteiger partial charge in [0.25, 0.3) is 0 Å². The van der Waals surface area contributed by atoms with Crippen molar-refractivity contribution in [2.75, 3.05) is 24.5 Å². The number of aryl methyl sites for hydroxylation is 2. The molecule has 0 atom stereocenters. The lowest BCUT2D eigenvalue weighted by Crippen LogP contribution is -2.39. The molecule has 100 valence electrons. The molecule has 0 aliphatic heterocycles. The van der Waals surface area contributed by atoms with Crippen LogP contribution in [0.1, 0.15) is 38.4 Å². The number of rotatable bonds is 5. The molecule has 18 heavy (non-hydrogen) atoms. The molecule has 1 aliphatic rings. The van der Waals surface area contributed by atoms with Gasteiger partial charge in [0.1, 0.15) is 5.82 Å². The van der Waals surface area contributed by atoms with E-state index in [1.165, 1.54) is 24.1 Å². The van der Waals surface area contributed by atoms with Crippen molar-refractivity contribution in [3.63, 3.8) is 0 Å². The molecular formula is C15H25N3. The Labute approximate surface area is 110 Å². The Kier molecular flexibility index (Phi) is 3.91. The van der Waals surface area contributed by atoms with Crippen molar-refractivity contribution in [2.24, 2.45) is 11.1 Å². The summed E-state index contributed by atoms with van der Waals surface area (Å²) in [5.41, 5.74) is 8.71. The Hall–Kier alpha value is -1.09. The van der Waals surface area contributed by atoms with E-state index in [1.807, 2.05) is 0 Å². The predicted molar refractivity (Wildman–Crippen MR) is 77.0 cm³/mol. The third kappa shape index (κ3) is 2.83. The van der Waals surface area contributed by atoms with Gasteiger partial charge in [0, 0.05) is 18.8 Å². The van der Waals surface area contributed by atoms with Crippen LogP contribution in [0.3, 0.4) is 0 Å². The van der Waals surface area contributed by atoms with Crippen molar-refractivity contribution in [3.05, 3.63) is 23.4 Å². The molecule has 0 bridgehead atoms. The SMILES string of the molecule is CCN(CC(C)(C)CN)c1ccc2c(n1)CCC2. The Morgan fingerprint density at radius 3 is 2.78 bits per heavy atom. The highest BCUT2D eigenvalue weighted by Crippen LogP contribution is 2.25. The Morgan fingerprint density at radius 2 is 2.11 bits per heavy atom. The summed E-state index contributed by atoms with van der Waals surface area (Å²) in [6.07, 6.45) is 3.59. The Morgan fingerprint density at radius 1 is 1.33 bits per heavy atom. The number of aromatic nitrogens is 1. The monoisotopic (exact) mass is 247 g/mol. The van der Waals surface area contributed by atoms with Crippen LogP contribution in [0.5, 0.6) is 0 Å². The van der Waals surface area contributed by atoms with Crippen molar-refractivity contribution in [3.8, 4) is 0 Å². The number of nitrogens with zero attached hydrogens (tertiary/aromatic N) is 2. The zero-order chi connectivity index (χ0) is 13.2. The second-order valence-electron chi connectivity index (χ2n) is 6.01. The summed E-state index contributed by atoms with van der Waals surface area (Å²) in [5.74, 6) is 1.11. The van der Waals surface area contributed by atoms with E-state index in [4.69, 9.17) is 10.7 Å². The number of hydrogen-bond donors (Lipinski definition) is 1. The molecule has 0 saturated heterocycles. The van der Waals surface area contributed by atoms with Gasteiger partial charge in [-0.1, -0.05) is 19.9 Å². The molecule has 0 radical (unpaired) electrons. The molecule has 2 rings (SSSR count). The maximum atomic E-state index is 5.83. The molecule has 0 fully saturated rings. The number of fused-ring (bicyclic) bond motifs is 1. The van der Waals surface area contributed by atoms with Crippen LogP contribution in [0.2, 0.25) is 0 Å². The van der Waals surface area contributed by atoms with Crippen LogP contribution in [-0.2, 0) is 12.8 Å². The van der Waals surface area contributed by atoms with Gasteiger partial charge in [0.2, 0.25) is 0 Å². The minimum Gasteiger partial charge on any atom is -0.356 e. The van der Waals surface area contributed by atoms with Crippen LogP contribution in [-0.4, -0.2) is 24.6 Å². The molecule has 0 spiro atoms. The number of pyridine rings is 1. The normalized spacial score (nSPS) is 14.7. The number of anilines is 1. The van der Waals surface area contributed by atoms with E-state index < -0.39 is 0 Å². The molecule has 3 nitrogen and oxygen atoms in total. The van der Waals surface area contributed by atoms with Gasteiger partial charge in [-0.3, -0.25) is 0 Å². The Bertz CT molecular complexity index is 412. The summed E-state index contributed by atoms with van der Waals surface area (Å²) in [4.78, 5) is 7.17. The molecular weight excluding hydrogens is 222 g/mol. The molecule has 0 aromatic carbocycles. The van der Waals surface area contributed by atoms with Crippen molar-refractivity contribution in [1.82, 2.24) is 4.98 Å². The largest absolute Gasteiger partial charge is 0.356 e. The molecule has 1 aromatic heterocycles. The van der Waals surface area contributed by atoms with Gasteiger partial charge >= 0.3 is 0 Å². The quantitative estimate of drug-likeness (QED) is 0.868.